The molecule has 0 heterocycles. The van der Waals surface area contributed by atoms with Crippen LogP contribution < -0.4 is 0 Å². The summed E-state index contributed by atoms with van der Waals surface area (Å²) < 4.78 is 0. The number of allylic oxidation sites excluding steroid dienone is 2. The van der Waals surface area contributed by atoms with Gasteiger partial charge < -0.3 is 0 Å². The molecule has 1 unspecified atom stereocenters. The summed E-state index contributed by atoms with van der Waals surface area (Å²) in [6.45, 7) is 11.2. The van der Waals surface area contributed by atoms with Crippen LogP contribution in [0.1, 0.15) is 54.5 Å². The number of hydrogen-bond donors (Lipinski definition) is 0. The van der Waals surface area contributed by atoms with Crippen LogP contribution in [0, 0.1) is 0 Å². The lowest BCUT2D eigenvalue weighted by Gasteiger charge is -2.19. The van der Waals surface area contributed by atoms with Crippen LogP contribution in [0.25, 0.3) is 11.6 Å². The molecule has 0 spiro atoms. The molecule has 3 aromatic carbocycles. The van der Waals surface area contributed by atoms with Crippen molar-refractivity contribution in [1.82, 2.24) is 0 Å². The van der Waals surface area contributed by atoms with Gasteiger partial charge in [0.2, 0.25) is 0 Å². The van der Waals surface area contributed by atoms with Gasteiger partial charge in [0.15, 0.2) is 0 Å². The van der Waals surface area contributed by atoms with E-state index in [1.807, 2.05) is 0 Å². The van der Waals surface area contributed by atoms with Gasteiger partial charge in [-0.25, -0.2) is 0 Å². The second-order valence-corrected chi connectivity index (χ2v) is 8.39. The molecule has 0 fully saturated rings. The van der Waals surface area contributed by atoms with E-state index in [0.29, 0.717) is 0 Å². The lowest BCUT2D eigenvalue weighted by Crippen LogP contribution is -2.10. The molecule has 0 nitrogen and oxygen atoms in total. The molecule has 134 valence electrons. The molecule has 1 atom stereocenters. The number of benzene rings is 3. The van der Waals surface area contributed by atoms with Crippen molar-refractivity contribution in [3.8, 4) is 0 Å². The van der Waals surface area contributed by atoms with Crippen LogP contribution in [0.15, 0.2) is 91.0 Å². The van der Waals surface area contributed by atoms with Gasteiger partial charge in [-0.3, -0.25) is 0 Å². The second kappa shape index (κ2) is 6.70. The monoisotopic (exact) mass is 350 g/mol. The molecule has 0 saturated heterocycles. The van der Waals surface area contributed by atoms with Gasteiger partial charge in [-0.05, 0) is 50.5 Å². The quantitative estimate of drug-likeness (QED) is 0.457. The fourth-order valence-electron chi connectivity index (χ4n) is 3.95. The van der Waals surface area contributed by atoms with Crippen LogP contribution >= 0.6 is 0 Å². The Balaban J connectivity index is 1.77. The predicted molar refractivity (Wildman–Crippen MR) is 117 cm³/mol. The van der Waals surface area contributed by atoms with E-state index in [4.69, 9.17) is 0 Å². The van der Waals surface area contributed by atoms with Crippen molar-refractivity contribution in [3.63, 3.8) is 0 Å². The number of fused-ring (bicyclic) bond motifs is 1. The summed E-state index contributed by atoms with van der Waals surface area (Å²) in [6.07, 6.45) is 2.29. The average Bonchev–Trinajstić information content (AvgIpc) is 2.94. The highest BCUT2D eigenvalue weighted by atomic mass is 14.3. The highest BCUT2D eigenvalue weighted by Crippen LogP contribution is 2.48. The number of hydrogen-bond acceptors (Lipinski definition) is 0. The second-order valence-electron chi connectivity index (χ2n) is 8.39. The lowest BCUT2D eigenvalue weighted by atomic mass is 9.86. The first kappa shape index (κ1) is 17.5. The maximum atomic E-state index is 4.49. The Bertz CT molecular complexity index is 996. The third-order valence-electron chi connectivity index (χ3n) is 5.48. The Morgan fingerprint density at radius 2 is 1.41 bits per heavy atom. The van der Waals surface area contributed by atoms with Gasteiger partial charge in [0, 0.05) is 5.92 Å². The van der Waals surface area contributed by atoms with Crippen molar-refractivity contribution in [1.29, 1.82) is 0 Å². The highest BCUT2D eigenvalue weighted by Gasteiger charge is 2.30. The van der Waals surface area contributed by atoms with E-state index in [1.165, 1.54) is 39.0 Å². The molecule has 0 aliphatic heterocycles. The zero-order chi connectivity index (χ0) is 19.0. The smallest absolute Gasteiger partial charge is 0.0346 e. The molecule has 0 saturated carbocycles. The Morgan fingerprint density at radius 1 is 0.778 bits per heavy atom. The molecule has 1 aliphatic carbocycles. The largest absolute Gasteiger partial charge is 0.0942 e. The van der Waals surface area contributed by atoms with E-state index in [9.17, 15) is 0 Å². The SMILES string of the molecule is C=C1C(=Cc2ccc(C(C)(C)C)cc2)c2ccccc2C1c1ccccc1. The van der Waals surface area contributed by atoms with Crippen molar-refractivity contribution in [3.05, 3.63) is 119 Å². The standard InChI is InChI=1S/C27H26/c1-19-25(18-20-14-16-22(17-15-20)27(2,3)4)23-12-8-9-13-24(23)26(19)21-10-6-5-7-11-21/h5-18,26H,1H2,2-4H3. The van der Waals surface area contributed by atoms with Gasteiger partial charge in [-0.2, -0.15) is 0 Å². The lowest BCUT2D eigenvalue weighted by molar-refractivity contribution is 0.590. The van der Waals surface area contributed by atoms with E-state index in [1.54, 1.807) is 0 Å². The van der Waals surface area contributed by atoms with Crippen LogP contribution in [-0.4, -0.2) is 0 Å². The minimum Gasteiger partial charge on any atom is -0.0942 e. The maximum absolute atomic E-state index is 4.49. The van der Waals surface area contributed by atoms with Crippen LogP contribution in [0.3, 0.4) is 0 Å². The molecule has 4 rings (SSSR count). The molecule has 0 amide bonds. The Hall–Kier alpha value is -2.86. The first-order valence-electron chi connectivity index (χ1n) is 9.61. The van der Waals surface area contributed by atoms with E-state index in [0.717, 1.165) is 0 Å². The summed E-state index contributed by atoms with van der Waals surface area (Å²) >= 11 is 0. The van der Waals surface area contributed by atoms with Crippen molar-refractivity contribution in [2.24, 2.45) is 0 Å². The van der Waals surface area contributed by atoms with Crippen molar-refractivity contribution in [2.75, 3.05) is 0 Å². The van der Waals surface area contributed by atoms with Crippen molar-refractivity contribution >= 4 is 11.6 Å². The summed E-state index contributed by atoms with van der Waals surface area (Å²) in [5.41, 5.74) is 9.16. The molecule has 0 radical (unpaired) electrons. The minimum absolute atomic E-state index is 0.174. The fraction of sp³-hybridized carbons (Fsp3) is 0.185. The van der Waals surface area contributed by atoms with E-state index < -0.39 is 0 Å². The van der Waals surface area contributed by atoms with E-state index in [-0.39, 0.29) is 11.3 Å². The van der Waals surface area contributed by atoms with Gasteiger partial charge in [0.05, 0.1) is 0 Å². The van der Waals surface area contributed by atoms with Crippen LogP contribution in [0.2, 0.25) is 0 Å². The van der Waals surface area contributed by atoms with Gasteiger partial charge in [-0.15, -0.1) is 0 Å². The molecule has 1 aliphatic rings. The molecule has 0 heteroatoms. The Kier molecular flexibility index (Phi) is 4.36. The fourth-order valence-corrected chi connectivity index (χ4v) is 3.95. The van der Waals surface area contributed by atoms with Gasteiger partial charge in [0.1, 0.15) is 0 Å². The zero-order valence-electron chi connectivity index (χ0n) is 16.4. The summed E-state index contributed by atoms with van der Waals surface area (Å²) in [7, 11) is 0. The predicted octanol–water partition coefficient (Wildman–Crippen LogP) is 7.23. The summed E-state index contributed by atoms with van der Waals surface area (Å²) in [4.78, 5) is 0. The molecular weight excluding hydrogens is 324 g/mol. The Morgan fingerprint density at radius 3 is 2.07 bits per heavy atom. The molecular formula is C27H26. The topological polar surface area (TPSA) is 0 Å². The maximum Gasteiger partial charge on any atom is 0.0346 e. The van der Waals surface area contributed by atoms with Crippen LogP contribution in [-0.2, 0) is 5.41 Å². The van der Waals surface area contributed by atoms with E-state index >= 15 is 0 Å². The summed E-state index contributed by atoms with van der Waals surface area (Å²) in [5, 5.41) is 0. The third kappa shape index (κ3) is 3.28. The van der Waals surface area contributed by atoms with Gasteiger partial charge >= 0.3 is 0 Å². The molecule has 0 bridgehead atoms. The summed E-state index contributed by atoms with van der Waals surface area (Å²) in [5.74, 6) is 0.238. The number of rotatable bonds is 2. The highest BCUT2D eigenvalue weighted by molar-refractivity contribution is 5.97. The third-order valence-corrected chi connectivity index (χ3v) is 5.48. The normalized spacial score (nSPS) is 18.0. The Labute approximate surface area is 162 Å². The first-order valence-corrected chi connectivity index (χ1v) is 9.61. The van der Waals surface area contributed by atoms with Crippen LogP contribution in [0.5, 0.6) is 0 Å². The van der Waals surface area contributed by atoms with Crippen LogP contribution in [0.4, 0.5) is 0 Å². The van der Waals surface area contributed by atoms with Crippen molar-refractivity contribution in [2.45, 2.75) is 32.1 Å². The molecule has 27 heavy (non-hydrogen) atoms. The first-order chi connectivity index (χ1) is 12.9. The van der Waals surface area contributed by atoms with E-state index in [2.05, 4.69) is 112 Å². The van der Waals surface area contributed by atoms with Crippen molar-refractivity contribution < 1.29 is 0 Å². The zero-order valence-corrected chi connectivity index (χ0v) is 16.4. The molecule has 0 aromatic heterocycles. The average molecular weight is 351 g/mol. The van der Waals surface area contributed by atoms with Gasteiger partial charge in [0.25, 0.3) is 0 Å². The minimum atomic E-state index is 0.174. The summed E-state index contributed by atoms with van der Waals surface area (Å²) in [6, 6.07) is 28.3. The molecule has 3 aromatic rings. The van der Waals surface area contributed by atoms with Gasteiger partial charge in [-0.1, -0.05) is 106 Å². The molecule has 0 N–H and O–H groups in total.